The van der Waals surface area contributed by atoms with E-state index in [0.29, 0.717) is 5.69 Å². The van der Waals surface area contributed by atoms with Crippen LogP contribution in [0, 0.1) is 12.7 Å². The SMILES string of the molecule is Cc1cc(C(=O)NCCO)nn1-c1cccc(F)c1. The molecule has 0 atom stereocenters. The number of halogens is 1. The van der Waals surface area contributed by atoms with Gasteiger partial charge in [0, 0.05) is 12.2 Å². The van der Waals surface area contributed by atoms with Gasteiger partial charge in [-0.2, -0.15) is 5.10 Å². The summed E-state index contributed by atoms with van der Waals surface area (Å²) in [6.45, 7) is 1.82. The van der Waals surface area contributed by atoms with Gasteiger partial charge in [-0.1, -0.05) is 6.07 Å². The smallest absolute Gasteiger partial charge is 0.271 e. The Labute approximate surface area is 109 Å². The molecule has 0 aliphatic carbocycles. The molecular formula is C13H14FN3O2. The zero-order chi connectivity index (χ0) is 13.8. The summed E-state index contributed by atoms with van der Waals surface area (Å²) in [6, 6.07) is 7.58. The predicted octanol–water partition coefficient (Wildman–Crippen LogP) is 1.04. The zero-order valence-corrected chi connectivity index (χ0v) is 10.4. The van der Waals surface area contributed by atoms with Gasteiger partial charge < -0.3 is 10.4 Å². The molecule has 2 rings (SSSR count). The lowest BCUT2D eigenvalue weighted by Crippen LogP contribution is -2.26. The molecule has 0 bridgehead atoms. The summed E-state index contributed by atoms with van der Waals surface area (Å²) in [5.41, 5.74) is 1.51. The molecule has 1 aromatic heterocycles. The van der Waals surface area contributed by atoms with Crippen LogP contribution in [0.3, 0.4) is 0 Å². The van der Waals surface area contributed by atoms with E-state index in [1.54, 1.807) is 25.1 Å². The van der Waals surface area contributed by atoms with Crippen molar-refractivity contribution in [1.29, 1.82) is 0 Å². The standard InChI is InChI=1S/C13H14FN3O2/c1-9-7-12(13(19)15-5-6-18)16-17(9)11-4-2-3-10(14)8-11/h2-4,7-8,18H,5-6H2,1H3,(H,15,19). The van der Waals surface area contributed by atoms with Crippen molar-refractivity contribution in [2.75, 3.05) is 13.2 Å². The third-order valence-corrected chi connectivity index (χ3v) is 2.57. The second-order valence-electron chi connectivity index (χ2n) is 4.04. The van der Waals surface area contributed by atoms with Gasteiger partial charge in [-0.25, -0.2) is 9.07 Å². The minimum Gasteiger partial charge on any atom is -0.395 e. The first-order valence-electron chi connectivity index (χ1n) is 5.83. The Morgan fingerprint density at radius 1 is 1.47 bits per heavy atom. The van der Waals surface area contributed by atoms with Crippen molar-refractivity contribution in [2.24, 2.45) is 0 Å². The molecule has 5 nitrogen and oxygen atoms in total. The van der Waals surface area contributed by atoms with Crippen molar-refractivity contribution < 1.29 is 14.3 Å². The number of amides is 1. The molecule has 0 fully saturated rings. The van der Waals surface area contributed by atoms with Crippen molar-refractivity contribution in [3.63, 3.8) is 0 Å². The highest BCUT2D eigenvalue weighted by Gasteiger charge is 2.12. The zero-order valence-electron chi connectivity index (χ0n) is 10.4. The number of aromatic nitrogens is 2. The molecule has 0 aliphatic heterocycles. The molecule has 0 saturated heterocycles. The number of carbonyl (C=O) groups excluding carboxylic acids is 1. The van der Waals surface area contributed by atoms with Crippen molar-refractivity contribution in [2.45, 2.75) is 6.92 Å². The molecular weight excluding hydrogens is 249 g/mol. The van der Waals surface area contributed by atoms with Gasteiger partial charge in [0.25, 0.3) is 5.91 Å². The van der Waals surface area contributed by atoms with Gasteiger partial charge in [-0.15, -0.1) is 0 Å². The fraction of sp³-hybridized carbons (Fsp3) is 0.231. The lowest BCUT2D eigenvalue weighted by Gasteiger charge is -2.03. The molecule has 1 heterocycles. The van der Waals surface area contributed by atoms with Crippen molar-refractivity contribution >= 4 is 5.91 Å². The minimum absolute atomic E-state index is 0.130. The summed E-state index contributed by atoms with van der Waals surface area (Å²) >= 11 is 0. The number of benzene rings is 1. The normalized spacial score (nSPS) is 10.5. The van der Waals surface area contributed by atoms with Crippen LogP contribution in [0.2, 0.25) is 0 Å². The Bertz CT molecular complexity index is 595. The van der Waals surface area contributed by atoms with Crippen LogP contribution in [-0.2, 0) is 0 Å². The van der Waals surface area contributed by atoms with E-state index < -0.39 is 0 Å². The highest BCUT2D eigenvalue weighted by Crippen LogP contribution is 2.13. The van der Waals surface area contributed by atoms with Crippen molar-refractivity contribution in [3.05, 3.63) is 47.5 Å². The van der Waals surface area contributed by atoms with Gasteiger partial charge in [-0.3, -0.25) is 4.79 Å². The summed E-state index contributed by atoms with van der Waals surface area (Å²) in [5, 5.41) is 15.3. The summed E-state index contributed by atoms with van der Waals surface area (Å²) in [6.07, 6.45) is 0. The van der Waals surface area contributed by atoms with E-state index in [0.717, 1.165) is 5.69 Å². The molecule has 0 aliphatic rings. The molecule has 0 radical (unpaired) electrons. The number of aliphatic hydroxyl groups excluding tert-OH is 1. The molecule has 0 spiro atoms. The van der Waals surface area contributed by atoms with Crippen LogP contribution in [0.1, 0.15) is 16.2 Å². The van der Waals surface area contributed by atoms with Crippen LogP contribution in [0.25, 0.3) is 5.69 Å². The van der Waals surface area contributed by atoms with Gasteiger partial charge >= 0.3 is 0 Å². The van der Waals surface area contributed by atoms with E-state index in [1.807, 2.05) is 0 Å². The third-order valence-electron chi connectivity index (χ3n) is 2.57. The Morgan fingerprint density at radius 3 is 2.95 bits per heavy atom. The van der Waals surface area contributed by atoms with Crippen LogP contribution < -0.4 is 5.32 Å². The topological polar surface area (TPSA) is 67.2 Å². The number of aryl methyl sites for hydroxylation is 1. The number of rotatable bonds is 4. The first kappa shape index (κ1) is 13.2. The predicted molar refractivity (Wildman–Crippen MR) is 67.7 cm³/mol. The number of carbonyl (C=O) groups is 1. The Hall–Kier alpha value is -2.21. The van der Waals surface area contributed by atoms with Crippen LogP contribution in [-0.4, -0.2) is 33.9 Å². The average Bonchev–Trinajstić information content (AvgIpc) is 2.78. The molecule has 2 aromatic rings. The number of nitrogens with zero attached hydrogens (tertiary/aromatic N) is 2. The van der Waals surface area contributed by atoms with E-state index in [4.69, 9.17) is 5.11 Å². The van der Waals surface area contributed by atoms with Crippen LogP contribution in [0.4, 0.5) is 4.39 Å². The maximum Gasteiger partial charge on any atom is 0.271 e. The van der Waals surface area contributed by atoms with E-state index in [2.05, 4.69) is 10.4 Å². The second-order valence-corrected chi connectivity index (χ2v) is 4.04. The van der Waals surface area contributed by atoms with E-state index in [-0.39, 0.29) is 30.6 Å². The summed E-state index contributed by atoms with van der Waals surface area (Å²) in [4.78, 5) is 11.7. The lowest BCUT2D eigenvalue weighted by atomic mass is 10.3. The van der Waals surface area contributed by atoms with Crippen LogP contribution >= 0.6 is 0 Å². The number of nitrogens with one attached hydrogen (secondary N) is 1. The van der Waals surface area contributed by atoms with Gasteiger partial charge in [-0.05, 0) is 31.2 Å². The Morgan fingerprint density at radius 2 is 2.26 bits per heavy atom. The van der Waals surface area contributed by atoms with Gasteiger partial charge in [0.15, 0.2) is 5.69 Å². The fourth-order valence-corrected chi connectivity index (χ4v) is 1.71. The molecule has 100 valence electrons. The second kappa shape index (κ2) is 5.62. The van der Waals surface area contributed by atoms with Gasteiger partial charge in [0.2, 0.25) is 0 Å². The minimum atomic E-state index is -0.368. The average molecular weight is 263 g/mol. The maximum atomic E-state index is 13.2. The lowest BCUT2D eigenvalue weighted by molar-refractivity contribution is 0.0939. The summed E-state index contributed by atoms with van der Waals surface area (Å²) < 4.78 is 14.7. The third kappa shape index (κ3) is 2.97. The van der Waals surface area contributed by atoms with Crippen molar-refractivity contribution in [1.82, 2.24) is 15.1 Å². The molecule has 2 N–H and O–H groups in total. The highest BCUT2D eigenvalue weighted by molar-refractivity contribution is 5.92. The van der Waals surface area contributed by atoms with Gasteiger partial charge in [0.1, 0.15) is 5.82 Å². The van der Waals surface area contributed by atoms with E-state index in [9.17, 15) is 9.18 Å². The molecule has 1 amide bonds. The monoisotopic (exact) mass is 263 g/mol. The molecule has 0 saturated carbocycles. The van der Waals surface area contributed by atoms with Crippen LogP contribution in [0.15, 0.2) is 30.3 Å². The van der Waals surface area contributed by atoms with E-state index >= 15 is 0 Å². The molecule has 1 aromatic carbocycles. The highest BCUT2D eigenvalue weighted by atomic mass is 19.1. The maximum absolute atomic E-state index is 13.2. The largest absolute Gasteiger partial charge is 0.395 e. The quantitative estimate of drug-likeness (QED) is 0.866. The van der Waals surface area contributed by atoms with Gasteiger partial charge in [0.05, 0.1) is 12.3 Å². The Balaban J connectivity index is 2.29. The first-order valence-corrected chi connectivity index (χ1v) is 5.83. The molecule has 0 unspecified atom stereocenters. The molecule has 19 heavy (non-hydrogen) atoms. The van der Waals surface area contributed by atoms with E-state index in [1.165, 1.54) is 16.8 Å². The van der Waals surface area contributed by atoms with Crippen LogP contribution in [0.5, 0.6) is 0 Å². The number of hydrogen-bond donors (Lipinski definition) is 2. The fourth-order valence-electron chi connectivity index (χ4n) is 1.71. The summed E-state index contributed by atoms with van der Waals surface area (Å²) in [5.74, 6) is -0.731. The number of aliphatic hydroxyl groups is 1. The first-order chi connectivity index (χ1) is 9.11. The number of hydrogen-bond acceptors (Lipinski definition) is 3. The Kier molecular flexibility index (Phi) is 3.91. The van der Waals surface area contributed by atoms with Crippen molar-refractivity contribution in [3.8, 4) is 5.69 Å². The molecule has 6 heteroatoms. The summed E-state index contributed by atoms with van der Waals surface area (Å²) in [7, 11) is 0.